The van der Waals surface area contributed by atoms with Crippen molar-refractivity contribution in [2.75, 3.05) is 26.2 Å². The van der Waals surface area contributed by atoms with Crippen LogP contribution in [0.3, 0.4) is 0 Å². The number of nitrogens with one attached hydrogen (secondary N) is 2. The Labute approximate surface area is 138 Å². The van der Waals surface area contributed by atoms with Gasteiger partial charge in [0, 0.05) is 12.1 Å². The van der Waals surface area contributed by atoms with Gasteiger partial charge in [0.25, 0.3) is 0 Å². The Balaban J connectivity index is 1.85. The Morgan fingerprint density at radius 2 is 1.79 bits per heavy atom. The van der Waals surface area contributed by atoms with Crippen molar-refractivity contribution >= 4 is 0 Å². The van der Waals surface area contributed by atoms with Crippen molar-refractivity contribution in [1.82, 2.24) is 10.6 Å². The van der Waals surface area contributed by atoms with Gasteiger partial charge in [-0.25, -0.2) is 0 Å². The molecule has 4 nitrogen and oxygen atoms in total. The number of halogens is 3. The normalized spacial score (nSPS) is 11.8. The molecule has 24 heavy (non-hydrogen) atoms. The first-order valence-electron chi connectivity index (χ1n) is 7.79. The second-order valence-electron chi connectivity index (χ2n) is 5.35. The van der Waals surface area contributed by atoms with Crippen molar-refractivity contribution in [3.05, 3.63) is 47.7 Å². The highest BCUT2D eigenvalue weighted by Crippen LogP contribution is 2.32. The van der Waals surface area contributed by atoms with Crippen LogP contribution in [0.25, 0.3) is 11.3 Å². The zero-order valence-electron chi connectivity index (χ0n) is 13.2. The fourth-order valence-electron chi connectivity index (χ4n) is 2.23. The number of hydrogen-bond donors (Lipinski definition) is 3. The SMILES string of the molecule is OCCNCCCNCc1ccc(-c2cccc(C(F)(F)F)c2)o1. The third-order valence-corrected chi connectivity index (χ3v) is 3.43. The van der Waals surface area contributed by atoms with Crippen molar-refractivity contribution in [1.29, 1.82) is 0 Å². The van der Waals surface area contributed by atoms with E-state index in [1.54, 1.807) is 18.2 Å². The first kappa shape index (κ1) is 18.5. The van der Waals surface area contributed by atoms with Crippen molar-refractivity contribution < 1.29 is 22.7 Å². The summed E-state index contributed by atoms with van der Waals surface area (Å²) in [4.78, 5) is 0. The average Bonchev–Trinajstić information content (AvgIpc) is 3.02. The van der Waals surface area contributed by atoms with Crippen molar-refractivity contribution in [2.24, 2.45) is 0 Å². The standard InChI is InChI=1S/C17H21F3N2O2/c18-17(19,20)14-4-1-3-13(11-14)16-6-5-15(24-16)12-22-8-2-7-21-9-10-23/h1,3-6,11,21-23H,2,7-10,12H2. The summed E-state index contributed by atoms with van der Waals surface area (Å²) in [5.41, 5.74) is -0.282. The molecule has 0 spiro atoms. The van der Waals surface area contributed by atoms with Crippen LogP contribution in [-0.4, -0.2) is 31.3 Å². The fourth-order valence-corrected chi connectivity index (χ4v) is 2.23. The van der Waals surface area contributed by atoms with Gasteiger partial charge in [0.05, 0.1) is 18.7 Å². The van der Waals surface area contributed by atoms with Crippen molar-refractivity contribution in [2.45, 2.75) is 19.1 Å². The molecule has 0 amide bonds. The van der Waals surface area contributed by atoms with Gasteiger partial charge in [-0.2, -0.15) is 13.2 Å². The average molecular weight is 342 g/mol. The summed E-state index contributed by atoms with van der Waals surface area (Å²) in [5.74, 6) is 1.09. The monoisotopic (exact) mass is 342 g/mol. The minimum atomic E-state index is -4.36. The molecule has 132 valence electrons. The summed E-state index contributed by atoms with van der Waals surface area (Å²) in [6.45, 7) is 2.80. The third kappa shape index (κ3) is 5.67. The van der Waals surface area contributed by atoms with E-state index >= 15 is 0 Å². The Hall–Kier alpha value is -1.83. The number of hydrogen-bond acceptors (Lipinski definition) is 4. The van der Waals surface area contributed by atoms with Gasteiger partial charge in [0.2, 0.25) is 0 Å². The predicted octanol–water partition coefficient (Wildman–Crippen LogP) is 3.03. The second kappa shape index (κ2) is 8.86. The highest BCUT2D eigenvalue weighted by molar-refractivity contribution is 5.58. The Kier molecular flexibility index (Phi) is 6.84. The number of aliphatic hydroxyl groups is 1. The van der Waals surface area contributed by atoms with Gasteiger partial charge in [-0.1, -0.05) is 12.1 Å². The van der Waals surface area contributed by atoms with Gasteiger partial charge >= 0.3 is 6.18 Å². The molecule has 0 bridgehead atoms. The van der Waals surface area contributed by atoms with Crippen LogP contribution in [0, 0.1) is 0 Å². The molecule has 2 aromatic rings. The van der Waals surface area contributed by atoms with Gasteiger partial charge < -0.3 is 20.2 Å². The molecule has 1 heterocycles. The minimum absolute atomic E-state index is 0.123. The van der Waals surface area contributed by atoms with Crippen molar-refractivity contribution in [3.8, 4) is 11.3 Å². The van der Waals surface area contributed by atoms with Crippen LogP contribution in [0.5, 0.6) is 0 Å². The van der Waals surface area contributed by atoms with Crippen LogP contribution in [0.4, 0.5) is 13.2 Å². The van der Waals surface area contributed by atoms with E-state index in [0.717, 1.165) is 31.6 Å². The Morgan fingerprint density at radius 3 is 2.54 bits per heavy atom. The van der Waals surface area contributed by atoms with E-state index in [2.05, 4.69) is 10.6 Å². The molecule has 3 N–H and O–H groups in total. The summed E-state index contributed by atoms with van der Waals surface area (Å²) in [5, 5.41) is 14.9. The van der Waals surface area contributed by atoms with Gasteiger partial charge in [-0.3, -0.25) is 0 Å². The lowest BCUT2D eigenvalue weighted by Gasteiger charge is -2.07. The number of aliphatic hydroxyl groups excluding tert-OH is 1. The van der Waals surface area contributed by atoms with Crippen molar-refractivity contribution in [3.63, 3.8) is 0 Å². The van der Waals surface area contributed by atoms with Crippen LogP contribution in [0.15, 0.2) is 40.8 Å². The van der Waals surface area contributed by atoms with E-state index < -0.39 is 11.7 Å². The maximum absolute atomic E-state index is 12.7. The quantitative estimate of drug-likeness (QED) is 0.613. The van der Waals surface area contributed by atoms with Crippen LogP contribution in [-0.2, 0) is 12.7 Å². The van der Waals surface area contributed by atoms with Crippen LogP contribution < -0.4 is 10.6 Å². The van der Waals surface area contributed by atoms with Gasteiger partial charge in [-0.15, -0.1) is 0 Å². The maximum atomic E-state index is 12.7. The summed E-state index contributed by atoms with van der Waals surface area (Å²) in [6.07, 6.45) is -3.46. The maximum Gasteiger partial charge on any atom is 0.416 e. The minimum Gasteiger partial charge on any atom is -0.460 e. The predicted molar refractivity (Wildman–Crippen MR) is 85.4 cm³/mol. The molecule has 1 aromatic carbocycles. The molecule has 0 saturated carbocycles. The van der Waals surface area contributed by atoms with Gasteiger partial charge in [0.15, 0.2) is 0 Å². The zero-order chi connectivity index (χ0) is 17.4. The second-order valence-corrected chi connectivity index (χ2v) is 5.35. The largest absolute Gasteiger partial charge is 0.460 e. The van der Waals surface area contributed by atoms with E-state index in [-0.39, 0.29) is 6.61 Å². The highest BCUT2D eigenvalue weighted by Gasteiger charge is 2.30. The first-order valence-corrected chi connectivity index (χ1v) is 7.79. The smallest absolute Gasteiger partial charge is 0.416 e. The summed E-state index contributed by atoms with van der Waals surface area (Å²) in [6, 6.07) is 8.53. The number of alkyl halides is 3. The molecule has 2 rings (SSSR count). The van der Waals surface area contributed by atoms with E-state index in [1.807, 2.05) is 0 Å². The molecule has 0 radical (unpaired) electrons. The third-order valence-electron chi connectivity index (χ3n) is 3.43. The van der Waals surface area contributed by atoms with E-state index in [1.165, 1.54) is 6.07 Å². The highest BCUT2D eigenvalue weighted by atomic mass is 19.4. The number of furan rings is 1. The topological polar surface area (TPSA) is 57.4 Å². The van der Waals surface area contributed by atoms with Gasteiger partial charge in [0.1, 0.15) is 11.5 Å². The molecule has 0 aliphatic heterocycles. The van der Waals surface area contributed by atoms with E-state index in [4.69, 9.17) is 9.52 Å². The van der Waals surface area contributed by atoms with E-state index in [9.17, 15) is 13.2 Å². The molecule has 1 aromatic heterocycles. The number of benzene rings is 1. The molecule has 7 heteroatoms. The molecule has 0 saturated heterocycles. The molecule has 0 atom stereocenters. The Bertz CT molecular complexity index is 626. The van der Waals surface area contributed by atoms with Crippen LogP contribution in [0.2, 0.25) is 0 Å². The number of rotatable bonds is 9. The molecule has 0 fully saturated rings. The van der Waals surface area contributed by atoms with Gasteiger partial charge in [-0.05, 0) is 43.8 Å². The van der Waals surface area contributed by atoms with E-state index in [0.29, 0.717) is 30.2 Å². The summed E-state index contributed by atoms with van der Waals surface area (Å²) < 4.78 is 43.8. The molecular formula is C17H21F3N2O2. The fraction of sp³-hybridized carbons (Fsp3) is 0.412. The lowest BCUT2D eigenvalue weighted by molar-refractivity contribution is -0.137. The van der Waals surface area contributed by atoms with Crippen LogP contribution in [0.1, 0.15) is 17.7 Å². The van der Waals surface area contributed by atoms with Crippen LogP contribution >= 0.6 is 0 Å². The zero-order valence-corrected chi connectivity index (χ0v) is 13.2. The molecule has 0 unspecified atom stereocenters. The molecular weight excluding hydrogens is 321 g/mol. The molecule has 0 aliphatic carbocycles. The summed E-state index contributed by atoms with van der Waals surface area (Å²) >= 11 is 0. The Morgan fingerprint density at radius 1 is 1.00 bits per heavy atom. The molecule has 0 aliphatic rings. The first-order chi connectivity index (χ1) is 11.5. The summed E-state index contributed by atoms with van der Waals surface area (Å²) in [7, 11) is 0. The lowest BCUT2D eigenvalue weighted by Crippen LogP contribution is -2.23. The lowest BCUT2D eigenvalue weighted by atomic mass is 10.1.